The minimum atomic E-state index is -0.245. The Morgan fingerprint density at radius 2 is 1.86 bits per heavy atom. The lowest BCUT2D eigenvalue weighted by atomic mass is 10.2. The molecule has 22 heavy (non-hydrogen) atoms. The number of benzene rings is 1. The van der Waals surface area contributed by atoms with Gasteiger partial charge < -0.3 is 4.57 Å². The highest BCUT2D eigenvalue weighted by molar-refractivity contribution is 5.80. The molecule has 3 aromatic rings. The van der Waals surface area contributed by atoms with Gasteiger partial charge in [-0.3, -0.25) is 14.7 Å². The first-order valence-corrected chi connectivity index (χ1v) is 7.31. The Labute approximate surface area is 127 Å². The monoisotopic (exact) mass is 298 g/mol. The van der Waals surface area contributed by atoms with E-state index in [1.807, 2.05) is 10.8 Å². The highest BCUT2D eigenvalue weighted by atomic mass is 16.2. The molecule has 0 amide bonds. The van der Waals surface area contributed by atoms with Crippen molar-refractivity contribution in [3.05, 3.63) is 63.2 Å². The Kier molecular flexibility index (Phi) is 3.66. The maximum Gasteiger partial charge on any atom is 0.273 e. The molecule has 6 nitrogen and oxygen atoms in total. The van der Waals surface area contributed by atoms with Crippen LogP contribution in [0.3, 0.4) is 0 Å². The summed E-state index contributed by atoms with van der Waals surface area (Å²) >= 11 is 0. The van der Waals surface area contributed by atoms with Crippen LogP contribution in [0.2, 0.25) is 0 Å². The van der Waals surface area contributed by atoms with Crippen molar-refractivity contribution >= 4 is 10.8 Å². The van der Waals surface area contributed by atoms with Crippen molar-refractivity contribution in [1.82, 2.24) is 19.3 Å². The lowest BCUT2D eigenvalue weighted by molar-refractivity contribution is 0.493. The summed E-state index contributed by atoms with van der Waals surface area (Å²) in [7, 11) is 0. The van der Waals surface area contributed by atoms with Crippen molar-refractivity contribution in [2.75, 3.05) is 0 Å². The van der Waals surface area contributed by atoms with Gasteiger partial charge in [-0.25, -0.2) is 9.67 Å². The molecule has 1 aromatic carbocycles. The third-order valence-corrected chi connectivity index (χ3v) is 3.71. The van der Waals surface area contributed by atoms with Gasteiger partial charge in [0, 0.05) is 24.9 Å². The zero-order chi connectivity index (χ0) is 15.7. The largest absolute Gasteiger partial charge is 0.333 e. The molecular formula is C16H18N4O2. The molecule has 0 radical (unpaired) electrons. The minimum Gasteiger partial charge on any atom is -0.333 e. The first-order chi connectivity index (χ1) is 10.6. The average Bonchev–Trinajstić information content (AvgIpc) is 2.98. The first kappa shape index (κ1) is 14.3. The Morgan fingerprint density at radius 1 is 1.14 bits per heavy atom. The smallest absolute Gasteiger partial charge is 0.273 e. The third kappa shape index (κ3) is 2.47. The Morgan fingerprint density at radius 3 is 2.59 bits per heavy atom. The number of aromatic amines is 1. The number of H-pyrrole nitrogens is 1. The number of nitrogens with zero attached hydrogens (tertiary/aromatic N) is 3. The number of imidazole rings is 1. The fourth-order valence-electron chi connectivity index (χ4n) is 2.62. The maximum atomic E-state index is 12.4. The molecule has 2 heterocycles. The second kappa shape index (κ2) is 5.63. The van der Waals surface area contributed by atoms with E-state index in [4.69, 9.17) is 0 Å². The van der Waals surface area contributed by atoms with Gasteiger partial charge in [0.05, 0.1) is 17.3 Å². The maximum absolute atomic E-state index is 12.4. The molecule has 0 fully saturated rings. The molecule has 0 aliphatic heterocycles. The molecule has 6 heteroatoms. The van der Waals surface area contributed by atoms with Crippen LogP contribution in [0.4, 0.5) is 0 Å². The van der Waals surface area contributed by atoms with E-state index in [2.05, 4.69) is 23.9 Å². The number of hydrogen-bond donors (Lipinski definition) is 1. The van der Waals surface area contributed by atoms with Crippen LogP contribution in [0.5, 0.6) is 0 Å². The highest BCUT2D eigenvalue weighted by Crippen LogP contribution is 2.11. The van der Waals surface area contributed by atoms with Crippen LogP contribution in [0.15, 0.2) is 46.2 Å². The van der Waals surface area contributed by atoms with Crippen molar-refractivity contribution in [1.29, 1.82) is 0 Å². The fourth-order valence-corrected chi connectivity index (χ4v) is 2.62. The summed E-state index contributed by atoms with van der Waals surface area (Å²) in [5.74, 6) is 1.28. The standard InChI is InChI=1S/C16H18N4O2/c1-11(2)14-17-7-8-19(14)9-10-20-16(22)13-6-4-3-5-12(13)15(21)18-20/h3-8,11H,9-10H2,1-2H3,(H,18,21). The minimum absolute atomic E-state index is 0.179. The Balaban J connectivity index is 1.95. The summed E-state index contributed by atoms with van der Waals surface area (Å²) < 4.78 is 3.37. The number of rotatable bonds is 4. The van der Waals surface area contributed by atoms with E-state index >= 15 is 0 Å². The van der Waals surface area contributed by atoms with E-state index in [0.717, 1.165) is 5.82 Å². The number of hydrogen-bond acceptors (Lipinski definition) is 3. The summed E-state index contributed by atoms with van der Waals surface area (Å²) in [5, 5.41) is 3.52. The van der Waals surface area contributed by atoms with Gasteiger partial charge in [-0.1, -0.05) is 26.0 Å². The number of nitrogens with one attached hydrogen (secondary N) is 1. The lowest BCUT2D eigenvalue weighted by Crippen LogP contribution is -2.31. The second-order valence-electron chi connectivity index (χ2n) is 5.58. The molecule has 0 atom stereocenters. The predicted octanol–water partition coefficient (Wildman–Crippen LogP) is 1.71. The van der Waals surface area contributed by atoms with Crippen LogP contribution in [0.25, 0.3) is 10.8 Å². The zero-order valence-electron chi connectivity index (χ0n) is 12.6. The van der Waals surface area contributed by atoms with E-state index < -0.39 is 0 Å². The van der Waals surface area contributed by atoms with Gasteiger partial charge in [0.2, 0.25) is 0 Å². The molecule has 0 saturated heterocycles. The number of fused-ring (bicyclic) bond motifs is 1. The molecule has 0 saturated carbocycles. The van der Waals surface area contributed by atoms with Crippen LogP contribution >= 0.6 is 0 Å². The van der Waals surface area contributed by atoms with Crippen LogP contribution in [-0.4, -0.2) is 19.3 Å². The van der Waals surface area contributed by atoms with Gasteiger partial charge in [-0.2, -0.15) is 0 Å². The normalized spacial score (nSPS) is 11.4. The van der Waals surface area contributed by atoms with Gasteiger partial charge in [-0.05, 0) is 12.1 Å². The van der Waals surface area contributed by atoms with E-state index in [-0.39, 0.29) is 11.1 Å². The molecule has 0 spiro atoms. The summed E-state index contributed by atoms with van der Waals surface area (Å²) in [6.45, 7) is 5.13. The quantitative estimate of drug-likeness (QED) is 0.797. The van der Waals surface area contributed by atoms with Gasteiger partial charge in [0.1, 0.15) is 5.82 Å². The second-order valence-corrected chi connectivity index (χ2v) is 5.58. The number of aryl methyl sites for hydroxylation is 2. The molecule has 0 unspecified atom stereocenters. The van der Waals surface area contributed by atoms with Gasteiger partial charge in [0.25, 0.3) is 11.1 Å². The van der Waals surface area contributed by atoms with Crippen molar-refractivity contribution < 1.29 is 0 Å². The lowest BCUT2D eigenvalue weighted by Gasteiger charge is -2.11. The summed E-state index contributed by atoms with van der Waals surface area (Å²) in [6, 6.07) is 6.86. The SMILES string of the molecule is CC(C)c1nccn1CCn1[nH]c(=O)c2ccccc2c1=O. The van der Waals surface area contributed by atoms with Crippen molar-refractivity contribution in [2.24, 2.45) is 0 Å². The van der Waals surface area contributed by atoms with Crippen LogP contribution in [0.1, 0.15) is 25.6 Å². The van der Waals surface area contributed by atoms with Crippen molar-refractivity contribution in [2.45, 2.75) is 32.9 Å². The first-order valence-electron chi connectivity index (χ1n) is 7.31. The van der Waals surface area contributed by atoms with E-state index in [1.165, 1.54) is 4.68 Å². The predicted molar refractivity (Wildman–Crippen MR) is 85.1 cm³/mol. The molecular weight excluding hydrogens is 280 g/mol. The molecule has 0 aliphatic carbocycles. The molecule has 3 rings (SSSR count). The summed E-state index contributed by atoms with van der Waals surface area (Å²) in [4.78, 5) is 28.8. The van der Waals surface area contributed by atoms with Crippen LogP contribution in [0, 0.1) is 0 Å². The third-order valence-electron chi connectivity index (χ3n) is 3.71. The number of aromatic nitrogens is 4. The fraction of sp³-hybridized carbons (Fsp3) is 0.312. The topological polar surface area (TPSA) is 72.7 Å². The molecule has 114 valence electrons. The summed E-state index contributed by atoms with van der Waals surface area (Å²) in [6.07, 6.45) is 3.64. The van der Waals surface area contributed by atoms with Crippen LogP contribution < -0.4 is 11.1 Å². The summed E-state index contributed by atoms with van der Waals surface area (Å²) in [5.41, 5.74) is -0.425. The highest BCUT2D eigenvalue weighted by Gasteiger charge is 2.09. The van der Waals surface area contributed by atoms with Gasteiger partial charge in [-0.15, -0.1) is 0 Å². The van der Waals surface area contributed by atoms with Crippen LogP contribution in [-0.2, 0) is 13.1 Å². The Hall–Kier alpha value is -2.63. The molecule has 2 aromatic heterocycles. The molecule has 1 N–H and O–H groups in total. The molecule has 0 aliphatic rings. The molecule has 0 bridgehead atoms. The average molecular weight is 298 g/mol. The van der Waals surface area contributed by atoms with Gasteiger partial charge >= 0.3 is 0 Å². The Bertz CT molecular complexity index is 918. The van der Waals surface area contributed by atoms with E-state index in [1.54, 1.807) is 30.5 Å². The van der Waals surface area contributed by atoms with Gasteiger partial charge in [0.15, 0.2) is 0 Å². The van der Waals surface area contributed by atoms with E-state index in [9.17, 15) is 9.59 Å². The van der Waals surface area contributed by atoms with Crippen molar-refractivity contribution in [3.8, 4) is 0 Å². The zero-order valence-corrected chi connectivity index (χ0v) is 12.6. The van der Waals surface area contributed by atoms with Crippen molar-refractivity contribution in [3.63, 3.8) is 0 Å². The van der Waals surface area contributed by atoms with E-state index in [0.29, 0.717) is 29.8 Å².